The molecule has 96 valence electrons. The fraction of sp³-hybridized carbons (Fsp3) is 0.143. The molecule has 2 aromatic heterocycles. The molecule has 0 radical (unpaired) electrons. The van der Waals surface area contributed by atoms with Crippen LogP contribution in [0.4, 0.5) is 0 Å². The summed E-state index contributed by atoms with van der Waals surface area (Å²) >= 11 is 7.83. The third-order valence-corrected chi connectivity index (χ3v) is 4.05. The minimum Gasteiger partial charge on any atom is -0.497 e. The Labute approximate surface area is 119 Å². The number of aryl methyl sites for hydroxylation is 1. The summed E-state index contributed by atoms with van der Waals surface area (Å²) in [4.78, 5) is 9.56. The molecule has 0 amide bonds. The SMILES string of the molecule is COc1ccc(-c2csc3nc(C)nc(Cl)c23)cc1. The number of fused-ring (bicyclic) bond motifs is 1. The summed E-state index contributed by atoms with van der Waals surface area (Å²) in [5.74, 6) is 1.53. The van der Waals surface area contributed by atoms with Crippen molar-refractivity contribution in [3.63, 3.8) is 0 Å². The molecule has 0 saturated carbocycles. The van der Waals surface area contributed by atoms with Crippen molar-refractivity contribution in [2.45, 2.75) is 6.92 Å². The quantitative estimate of drug-likeness (QED) is 0.659. The van der Waals surface area contributed by atoms with Crippen LogP contribution in [0.15, 0.2) is 29.6 Å². The van der Waals surface area contributed by atoms with E-state index in [1.54, 1.807) is 18.4 Å². The molecule has 0 aliphatic carbocycles. The highest BCUT2D eigenvalue weighted by Gasteiger charge is 2.12. The summed E-state index contributed by atoms with van der Waals surface area (Å²) in [7, 11) is 1.66. The number of hydrogen-bond acceptors (Lipinski definition) is 4. The number of methoxy groups -OCH3 is 1. The average Bonchev–Trinajstić information content (AvgIpc) is 2.83. The third kappa shape index (κ3) is 2.17. The van der Waals surface area contributed by atoms with Crippen molar-refractivity contribution in [1.82, 2.24) is 9.97 Å². The summed E-state index contributed by atoms with van der Waals surface area (Å²) in [6.07, 6.45) is 0. The largest absolute Gasteiger partial charge is 0.497 e. The molecule has 0 atom stereocenters. The first-order valence-corrected chi connectivity index (χ1v) is 7.00. The van der Waals surface area contributed by atoms with Gasteiger partial charge >= 0.3 is 0 Å². The predicted molar refractivity (Wildman–Crippen MR) is 79.2 cm³/mol. The van der Waals surface area contributed by atoms with E-state index in [-0.39, 0.29) is 0 Å². The second-order valence-corrected chi connectivity index (χ2v) is 5.34. The first-order valence-electron chi connectivity index (χ1n) is 5.75. The maximum absolute atomic E-state index is 6.25. The average molecular weight is 291 g/mol. The van der Waals surface area contributed by atoms with E-state index in [0.717, 1.165) is 27.1 Å². The fourth-order valence-electron chi connectivity index (χ4n) is 1.98. The molecule has 0 unspecified atom stereocenters. The molecule has 5 heteroatoms. The molecule has 0 spiro atoms. The molecule has 0 bridgehead atoms. The Morgan fingerprint density at radius 1 is 1.16 bits per heavy atom. The van der Waals surface area contributed by atoms with Gasteiger partial charge in [0.1, 0.15) is 21.6 Å². The lowest BCUT2D eigenvalue weighted by Gasteiger charge is -2.03. The standard InChI is InChI=1S/C14H11ClN2OS/c1-8-16-13(15)12-11(7-19-14(12)17-8)9-3-5-10(18-2)6-4-9/h3-7H,1-2H3. The monoisotopic (exact) mass is 290 g/mol. The lowest BCUT2D eigenvalue weighted by atomic mass is 10.1. The highest BCUT2D eigenvalue weighted by Crippen LogP contribution is 2.37. The van der Waals surface area contributed by atoms with Crippen molar-refractivity contribution in [2.75, 3.05) is 7.11 Å². The van der Waals surface area contributed by atoms with Crippen molar-refractivity contribution in [3.8, 4) is 16.9 Å². The zero-order valence-electron chi connectivity index (χ0n) is 10.5. The van der Waals surface area contributed by atoms with Crippen LogP contribution < -0.4 is 4.74 Å². The Morgan fingerprint density at radius 2 is 1.89 bits per heavy atom. The molecular formula is C14H11ClN2OS. The van der Waals surface area contributed by atoms with Crippen LogP contribution in [-0.4, -0.2) is 17.1 Å². The Kier molecular flexibility index (Phi) is 3.12. The molecule has 3 rings (SSSR count). The summed E-state index contributed by atoms with van der Waals surface area (Å²) in [5, 5.41) is 3.49. The number of rotatable bonds is 2. The van der Waals surface area contributed by atoms with Crippen LogP contribution >= 0.6 is 22.9 Å². The van der Waals surface area contributed by atoms with E-state index in [1.807, 2.05) is 31.2 Å². The molecule has 0 fully saturated rings. The van der Waals surface area contributed by atoms with Gasteiger partial charge in [0.05, 0.1) is 12.5 Å². The number of ether oxygens (including phenoxy) is 1. The molecule has 0 aliphatic heterocycles. The third-order valence-electron chi connectivity index (χ3n) is 2.90. The maximum Gasteiger partial charge on any atom is 0.142 e. The van der Waals surface area contributed by atoms with Crippen molar-refractivity contribution in [3.05, 3.63) is 40.6 Å². The highest BCUT2D eigenvalue weighted by molar-refractivity contribution is 7.17. The number of nitrogens with zero attached hydrogens (tertiary/aromatic N) is 2. The summed E-state index contributed by atoms with van der Waals surface area (Å²) in [6, 6.07) is 7.89. The summed E-state index contributed by atoms with van der Waals surface area (Å²) < 4.78 is 5.17. The van der Waals surface area contributed by atoms with Gasteiger partial charge < -0.3 is 4.74 Å². The normalized spacial score (nSPS) is 10.9. The van der Waals surface area contributed by atoms with Gasteiger partial charge in [-0.3, -0.25) is 0 Å². The summed E-state index contributed by atoms with van der Waals surface area (Å²) in [6.45, 7) is 1.85. The van der Waals surface area contributed by atoms with Crippen LogP contribution in [0.5, 0.6) is 5.75 Å². The van der Waals surface area contributed by atoms with E-state index in [9.17, 15) is 0 Å². The molecule has 0 N–H and O–H groups in total. The Balaban J connectivity index is 2.19. The zero-order chi connectivity index (χ0) is 13.4. The van der Waals surface area contributed by atoms with Gasteiger partial charge in [-0.15, -0.1) is 11.3 Å². The van der Waals surface area contributed by atoms with Crippen LogP contribution in [-0.2, 0) is 0 Å². The van der Waals surface area contributed by atoms with Crippen molar-refractivity contribution in [1.29, 1.82) is 0 Å². The van der Waals surface area contributed by atoms with Gasteiger partial charge in [0.15, 0.2) is 0 Å². The van der Waals surface area contributed by atoms with Gasteiger partial charge in [-0.25, -0.2) is 9.97 Å². The van der Waals surface area contributed by atoms with E-state index < -0.39 is 0 Å². The molecule has 0 saturated heterocycles. The lowest BCUT2D eigenvalue weighted by molar-refractivity contribution is 0.415. The van der Waals surface area contributed by atoms with Gasteiger partial charge in [-0.2, -0.15) is 0 Å². The number of aromatic nitrogens is 2. The number of thiophene rings is 1. The molecule has 0 aliphatic rings. The first-order chi connectivity index (χ1) is 9.19. The van der Waals surface area contributed by atoms with E-state index in [0.29, 0.717) is 11.0 Å². The Morgan fingerprint density at radius 3 is 2.58 bits per heavy atom. The Hall–Kier alpha value is -1.65. The maximum atomic E-state index is 6.25. The van der Waals surface area contributed by atoms with Gasteiger partial charge in [0, 0.05) is 10.9 Å². The molecule has 3 nitrogen and oxygen atoms in total. The van der Waals surface area contributed by atoms with E-state index >= 15 is 0 Å². The number of hydrogen-bond donors (Lipinski definition) is 0. The van der Waals surface area contributed by atoms with Crippen LogP contribution in [0.1, 0.15) is 5.82 Å². The number of halogens is 1. The molecule has 19 heavy (non-hydrogen) atoms. The van der Waals surface area contributed by atoms with Crippen molar-refractivity contribution in [2.24, 2.45) is 0 Å². The first kappa shape index (κ1) is 12.4. The molecular weight excluding hydrogens is 280 g/mol. The van der Waals surface area contributed by atoms with Gasteiger partial charge in [-0.1, -0.05) is 23.7 Å². The van der Waals surface area contributed by atoms with Crippen molar-refractivity contribution >= 4 is 33.2 Å². The highest BCUT2D eigenvalue weighted by atomic mass is 35.5. The minimum absolute atomic E-state index is 0.509. The second-order valence-electron chi connectivity index (χ2n) is 4.12. The van der Waals surface area contributed by atoms with Crippen LogP contribution in [0, 0.1) is 6.92 Å². The van der Waals surface area contributed by atoms with Gasteiger partial charge in [-0.05, 0) is 24.6 Å². The fourth-order valence-corrected chi connectivity index (χ4v) is 3.34. The Bertz CT molecular complexity index is 737. The molecule has 1 aromatic carbocycles. The van der Waals surface area contributed by atoms with Crippen molar-refractivity contribution < 1.29 is 4.74 Å². The van der Waals surface area contributed by atoms with Crippen LogP contribution in [0.25, 0.3) is 21.3 Å². The molecule has 2 heterocycles. The van der Waals surface area contributed by atoms with Gasteiger partial charge in [0.2, 0.25) is 0 Å². The number of benzene rings is 1. The second kappa shape index (κ2) is 4.79. The summed E-state index contributed by atoms with van der Waals surface area (Å²) in [5.41, 5.74) is 2.15. The minimum atomic E-state index is 0.509. The van der Waals surface area contributed by atoms with Gasteiger partial charge in [0.25, 0.3) is 0 Å². The zero-order valence-corrected chi connectivity index (χ0v) is 12.0. The lowest BCUT2D eigenvalue weighted by Crippen LogP contribution is -1.88. The molecule has 3 aromatic rings. The topological polar surface area (TPSA) is 35.0 Å². The van der Waals surface area contributed by atoms with Crippen LogP contribution in [0.2, 0.25) is 5.15 Å². The predicted octanol–water partition coefficient (Wildman–Crippen LogP) is 4.33. The van der Waals surface area contributed by atoms with E-state index in [1.165, 1.54) is 0 Å². The van der Waals surface area contributed by atoms with Crippen LogP contribution in [0.3, 0.4) is 0 Å². The van der Waals surface area contributed by atoms with E-state index in [4.69, 9.17) is 16.3 Å². The van der Waals surface area contributed by atoms with E-state index in [2.05, 4.69) is 15.3 Å². The smallest absolute Gasteiger partial charge is 0.142 e.